The summed E-state index contributed by atoms with van der Waals surface area (Å²) in [7, 11) is 1.36. The van der Waals surface area contributed by atoms with E-state index < -0.39 is 36.8 Å². The first-order chi connectivity index (χ1) is 14.4. The second-order valence-corrected chi connectivity index (χ2v) is 8.65. The summed E-state index contributed by atoms with van der Waals surface area (Å²) in [6, 6.07) is 13.5. The molecule has 3 unspecified atom stereocenters. The molecule has 4 N–H and O–H groups in total. The van der Waals surface area contributed by atoms with Crippen LogP contribution in [-0.4, -0.2) is 63.5 Å². The highest BCUT2D eigenvalue weighted by molar-refractivity contribution is 7.18. The number of aryl methyl sites for hydroxylation is 1. The molecule has 0 aliphatic carbocycles. The Morgan fingerprint density at radius 3 is 2.60 bits per heavy atom. The first-order valence-corrected chi connectivity index (χ1v) is 10.5. The van der Waals surface area contributed by atoms with Gasteiger partial charge >= 0.3 is 0 Å². The van der Waals surface area contributed by atoms with E-state index in [2.05, 4.69) is 0 Å². The maximum Gasteiger partial charge on any atom is 0.224 e. The maximum absolute atomic E-state index is 10.7. The standard InChI is InChI=1S/C22H25NO6S/c1-12-7-8-14(22(28-2)21(27)20(26)19(25)16(11-24)29-22)9-13(12)10-18-23-15-5-3-4-6-17(15)30-18/h3-9,16,19-21,24-27H,10-11H2,1-2H3/t16?,19-,20?,21-,22?/m1/s1. The Balaban J connectivity index is 1.72. The molecular formula is C22H25NO6S. The minimum absolute atomic E-state index is 0.489. The highest BCUT2D eigenvalue weighted by Gasteiger charge is 2.55. The van der Waals surface area contributed by atoms with Gasteiger partial charge in [-0.15, -0.1) is 11.3 Å². The van der Waals surface area contributed by atoms with E-state index in [0.717, 1.165) is 26.4 Å². The van der Waals surface area contributed by atoms with Crippen LogP contribution in [0, 0.1) is 6.92 Å². The number of fused-ring (bicyclic) bond motifs is 1. The van der Waals surface area contributed by atoms with Crippen LogP contribution in [0.5, 0.6) is 0 Å². The van der Waals surface area contributed by atoms with Crippen LogP contribution in [-0.2, 0) is 21.7 Å². The van der Waals surface area contributed by atoms with Crippen LogP contribution >= 0.6 is 11.3 Å². The van der Waals surface area contributed by atoms with Gasteiger partial charge in [-0.3, -0.25) is 0 Å². The van der Waals surface area contributed by atoms with E-state index in [1.807, 2.05) is 43.3 Å². The Hall–Kier alpha value is -1.91. The number of hydrogen-bond acceptors (Lipinski definition) is 8. The predicted molar refractivity (Wildman–Crippen MR) is 112 cm³/mol. The number of para-hydroxylation sites is 1. The first kappa shape index (κ1) is 21.3. The van der Waals surface area contributed by atoms with Gasteiger partial charge in [0.1, 0.15) is 24.4 Å². The summed E-state index contributed by atoms with van der Waals surface area (Å²) in [6.45, 7) is 1.46. The molecule has 0 saturated carbocycles. The lowest BCUT2D eigenvalue weighted by Gasteiger charge is -2.47. The summed E-state index contributed by atoms with van der Waals surface area (Å²) in [6.07, 6.45) is -5.02. The summed E-state index contributed by atoms with van der Waals surface area (Å²) < 4.78 is 12.5. The topological polar surface area (TPSA) is 112 Å². The number of rotatable bonds is 5. The van der Waals surface area contributed by atoms with Crippen molar-refractivity contribution in [2.45, 2.75) is 43.5 Å². The zero-order chi connectivity index (χ0) is 21.5. The molecule has 30 heavy (non-hydrogen) atoms. The molecule has 1 aliphatic heterocycles. The molecule has 8 heteroatoms. The molecule has 0 amide bonds. The lowest BCUT2D eigenvalue weighted by Crippen LogP contribution is -2.64. The molecule has 0 bridgehead atoms. The fraction of sp³-hybridized carbons (Fsp3) is 0.409. The molecule has 0 radical (unpaired) electrons. The normalized spacial score (nSPS) is 29.4. The molecule has 3 aromatic rings. The molecule has 5 atom stereocenters. The van der Waals surface area contributed by atoms with Crippen molar-refractivity contribution < 1.29 is 29.9 Å². The van der Waals surface area contributed by atoms with Gasteiger partial charge in [0.25, 0.3) is 0 Å². The number of aliphatic hydroxyl groups is 4. The third kappa shape index (κ3) is 3.54. The number of thiazole rings is 1. The van der Waals surface area contributed by atoms with E-state index in [-0.39, 0.29) is 0 Å². The smallest absolute Gasteiger partial charge is 0.224 e. The van der Waals surface area contributed by atoms with Gasteiger partial charge in [0.2, 0.25) is 5.79 Å². The number of aliphatic hydroxyl groups excluding tert-OH is 4. The summed E-state index contributed by atoms with van der Waals surface area (Å²) in [5.41, 5.74) is 3.45. The molecule has 7 nitrogen and oxygen atoms in total. The van der Waals surface area contributed by atoms with Gasteiger partial charge in [0.05, 0.1) is 21.8 Å². The van der Waals surface area contributed by atoms with E-state index in [9.17, 15) is 20.4 Å². The first-order valence-electron chi connectivity index (χ1n) is 9.72. The number of methoxy groups -OCH3 is 1. The Labute approximate surface area is 178 Å². The SMILES string of the molecule is COC1(c2ccc(C)c(Cc3nc4ccccc4s3)c2)OC(CO)[C@@H](O)C(O)[C@H]1O. The molecule has 2 aromatic carbocycles. The zero-order valence-electron chi connectivity index (χ0n) is 16.7. The van der Waals surface area contributed by atoms with Gasteiger partial charge in [-0.1, -0.05) is 24.3 Å². The van der Waals surface area contributed by atoms with E-state index in [4.69, 9.17) is 14.5 Å². The molecule has 2 heterocycles. The summed E-state index contributed by atoms with van der Waals surface area (Å²) in [5, 5.41) is 41.7. The van der Waals surface area contributed by atoms with Gasteiger partial charge in [-0.25, -0.2) is 4.98 Å². The third-order valence-electron chi connectivity index (χ3n) is 5.68. The van der Waals surface area contributed by atoms with Gasteiger partial charge in [-0.2, -0.15) is 0 Å². The van der Waals surface area contributed by atoms with Crippen molar-refractivity contribution in [1.82, 2.24) is 4.98 Å². The molecule has 1 saturated heterocycles. The van der Waals surface area contributed by atoms with Crippen LogP contribution in [0.1, 0.15) is 21.7 Å². The molecular weight excluding hydrogens is 406 g/mol. The van der Waals surface area contributed by atoms with Crippen molar-refractivity contribution in [2.75, 3.05) is 13.7 Å². The highest BCUT2D eigenvalue weighted by Crippen LogP contribution is 2.40. The molecule has 4 rings (SSSR count). The van der Waals surface area contributed by atoms with Crippen LogP contribution in [0.15, 0.2) is 42.5 Å². The van der Waals surface area contributed by atoms with Crippen molar-refractivity contribution in [3.05, 3.63) is 64.2 Å². The summed E-state index contributed by atoms with van der Waals surface area (Å²) in [4.78, 5) is 4.69. The summed E-state index contributed by atoms with van der Waals surface area (Å²) >= 11 is 1.62. The molecule has 1 fully saturated rings. The molecule has 160 valence electrons. The van der Waals surface area contributed by atoms with Crippen LogP contribution in [0.25, 0.3) is 10.2 Å². The minimum atomic E-state index is -1.72. The van der Waals surface area contributed by atoms with Crippen LogP contribution in [0.4, 0.5) is 0 Å². The monoisotopic (exact) mass is 431 g/mol. The fourth-order valence-corrected chi connectivity index (χ4v) is 4.89. The van der Waals surface area contributed by atoms with Gasteiger partial charge in [0, 0.05) is 19.1 Å². The third-order valence-corrected chi connectivity index (χ3v) is 6.72. The quantitative estimate of drug-likeness (QED) is 0.484. The number of ether oxygens (including phenoxy) is 2. The van der Waals surface area contributed by atoms with Crippen molar-refractivity contribution in [2.24, 2.45) is 0 Å². The molecule has 0 spiro atoms. The van der Waals surface area contributed by atoms with Gasteiger partial charge < -0.3 is 29.9 Å². The van der Waals surface area contributed by atoms with Gasteiger partial charge in [-0.05, 0) is 36.2 Å². The number of benzene rings is 2. The highest BCUT2D eigenvalue weighted by atomic mass is 32.1. The predicted octanol–water partition coefficient (Wildman–Crippen LogP) is 1.47. The van der Waals surface area contributed by atoms with E-state index >= 15 is 0 Å². The Morgan fingerprint density at radius 2 is 1.90 bits per heavy atom. The zero-order valence-corrected chi connectivity index (χ0v) is 17.5. The number of aromatic nitrogens is 1. The molecule has 1 aliphatic rings. The second-order valence-electron chi connectivity index (χ2n) is 7.53. The van der Waals surface area contributed by atoms with Crippen molar-refractivity contribution in [3.8, 4) is 0 Å². The lowest BCUT2D eigenvalue weighted by atomic mass is 9.86. The van der Waals surface area contributed by atoms with Gasteiger partial charge in [0.15, 0.2) is 0 Å². The maximum atomic E-state index is 10.7. The Bertz CT molecular complexity index is 1000. The fourth-order valence-electron chi connectivity index (χ4n) is 3.90. The average molecular weight is 432 g/mol. The van der Waals surface area contributed by atoms with E-state index in [0.29, 0.717) is 12.0 Å². The van der Waals surface area contributed by atoms with Crippen LogP contribution in [0.2, 0.25) is 0 Å². The summed E-state index contributed by atoms with van der Waals surface area (Å²) in [5.74, 6) is -1.72. The van der Waals surface area contributed by atoms with Crippen molar-refractivity contribution in [1.29, 1.82) is 0 Å². The van der Waals surface area contributed by atoms with Crippen molar-refractivity contribution >= 4 is 21.6 Å². The Kier molecular flexibility index (Phi) is 5.91. The average Bonchev–Trinajstić information content (AvgIpc) is 3.17. The minimum Gasteiger partial charge on any atom is -0.394 e. The van der Waals surface area contributed by atoms with Crippen LogP contribution in [0.3, 0.4) is 0 Å². The largest absolute Gasteiger partial charge is 0.394 e. The van der Waals surface area contributed by atoms with Crippen LogP contribution < -0.4 is 0 Å². The Morgan fingerprint density at radius 1 is 1.13 bits per heavy atom. The van der Waals surface area contributed by atoms with Crippen molar-refractivity contribution in [3.63, 3.8) is 0 Å². The number of hydrogen-bond donors (Lipinski definition) is 4. The van der Waals surface area contributed by atoms with E-state index in [1.54, 1.807) is 17.4 Å². The second kappa shape index (κ2) is 8.32. The lowest BCUT2D eigenvalue weighted by molar-refractivity contribution is -0.366. The molecule has 1 aromatic heterocycles. The number of nitrogens with zero attached hydrogens (tertiary/aromatic N) is 1. The van der Waals surface area contributed by atoms with E-state index in [1.165, 1.54) is 7.11 Å².